The number of piperidine rings is 1. The van der Waals surface area contributed by atoms with Crippen LogP contribution in [-0.2, 0) is 0 Å². The fourth-order valence-electron chi connectivity index (χ4n) is 2.79. The van der Waals surface area contributed by atoms with Crippen LogP contribution in [0.4, 0.5) is 5.69 Å². The zero-order chi connectivity index (χ0) is 13.1. The highest BCUT2D eigenvalue weighted by Gasteiger charge is 2.23. The van der Waals surface area contributed by atoms with Crippen LogP contribution in [0.1, 0.15) is 51.8 Å². The Bertz CT molecular complexity index is 374. The van der Waals surface area contributed by atoms with Crippen molar-refractivity contribution in [1.29, 1.82) is 0 Å². The standard InChI is InChI=1S/C15H25N3/c1-4-14(16)15-6-5-13(10-17-15)18-8-7-11(2)9-12(18)3/h5-6,10-12,14H,4,7-9,16H2,1-3H3. The lowest BCUT2D eigenvalue weighted by atomic mass is 9.93. The van der Waals surface area contributed by atoms with E-state index in [-0.39, 0.29) is 6.04 Å². The molecule has 0 saturated carbocycles. The number of nitrogens with two attached hydrogens (primary N) is 1. The van der Waals surface area contributed by atoms with Crippen molar-refractivity contribution in [2.45, 2.75) is 52.1 Å². The molecule has 2 heterocycles. The average Bonchev–Trinajstić information content (AvgIpc) is 2.38. The summed E-state index contributed by atoms with van der Waals surface area (Å²) >= 11 is 0. The van der Waals surface area contributed by atoms with Gasteiger partial charge in [-0.25, -0.2) is 0 Å². The van der Waals surface area contributed by atoms with Gasteiger partial charge in [0.25, 0.3) is 0 Å². The number of aromatic nitrogens is 1. The molecule has 0 radical (unpaired) electrons. The van der Waals surface area contributed by atoms with Crippen LogP contribution in [-0.4, -0.2) is 17.6 Å². The molecule has 1 fully saturated rings. The van der Waals surface area contributed by atoms with Crippen LogP contribution >= 0.6 is 0 Å². The van der Waals surface area contributed by atoms with E-state index in [0.717, 1.165) is 24.6 Å². The number of hydrogen-bond acceptors (Lipinski definition) is 3. The van der Waals surface area contributed by atoms with E-state index in [0.29, 0.717) is 6.04 Å². The summed E-state index contributed by atoms with van der Waals surface area (Å²) in [7, 11) is 0. The molecule has 1 aromatic rings. The summed E-state index contributed by atoms with van der Waals surface area (Å²) in [5, 5.41) is 0. The molecule has 1 aliphatic rings. The maximum atomic E-state index is 5.99. The molecule has 3 unspecified atom stereocenters. The van der Waals surface area contributed by atoms with Gasteiger partial charge in [-0.15, -0.1) is 0 Å². The van der Waals surface area contributed by atoms with Crippen molar-refractivity contribution in [3.8, 4) is 0 Å². The molecule has 0 spiro atoms. The quantitative estimate of drug-likeness (QED) is 0.892. The first kappa shape index (κ1) is 13.3. The smallest absolute Gasteiger partial charge is 0.0572 e. The maximum absolute atomic E-state index is 5.99. The van der Waals surface area contributed by atoms with Crippen LogP contribution in [0.25, 0.3) is 0 Å². The summed E-state index contributed by atoms with van der Waals surface area (Å²) in [6, 6.07) is 4.93. The van der Waals surface area contributed by atoms with E-state index in [9.17, 15) is 0 Å². The van der Waals surface area contributed by atoms with Crippen molar-refractivity contribution in [1.82, 2.24) is 4.98 Å². The Labute approximate surface area is 110 Å². The van der Waals surface area contributed by atoms with Gasteiger partial charge in [-0.2, -0.15) is 0 Å². The summed E-state index contributed by atoms with van der Waals surface area (Å²) in [6.45, 7) is 7.88. The van der Waals surface area contributed by atoms with Crippen LogP contribution in [0.15, 0.2) is 18.3 Å². The molecule has 0 bridgehead atoms. The van der Waals surface area contributed by atoms with Crippen LogP contribution in [0.3, 0.4) is 0 Å². The summed E-state index contributed by atoms with van der Waals surface area (Å²) < 4.78 is 0. The molecule has 18 heavy (non-hydrogen) atoms. The second-order valence-electron chi connectivity index (χ2n) is 5.63. The van der Waals surface area contributed by atoms with E-state index in [1.165, 1.54) is 18.5 Å². The van der Waals surface area contributed by atoms with Crippen molar-refractivity contribution in [2.75, 3.05) is 11.4 Å². The molecule has 1 aromatic heterocycles. The minimum Gasteiger partial charge on any atom is -0.368 e. The highest BCUT2D eigenvalue weighted by atomic mass is 15.2. The summed E-state index contributed by atoms with van der Waals surface area (Å²) in [6.07, 6.45) is 5.47. The summed E-state index contributed by atoms with van der Waals surface area (Å²) in [5.74, 6) is 0.844. The van der Waals surface area contributed by atoms with Gasteiger partial charge in [-0.05, 0) is 44.2 Å². The highest BCUT2D eigenvalue weighted by Crippen LogP contribution is 2.27. The third-order valence-electron chi connectivity index (χ3n) is 4.06. The van der Waals surface area contributed by atoms with Gasteiger partial charge in [0.15, 0.2) is 0 Å². The minimum absolute atomic E-state index is 0.0675. The van der Waals surface area contributed by atoms with Crippen LogP contribution in [0.2, 0.25) is 0 Å². The number of pyridine rings is 1. The second kappa shape index (κ2) is 5.70. The Balaban J connectivity index is 2.09. The van der Waals surface area contributed by atoms with Gasteiger partial charge in [0.2, 0.25) is 0 Å². The van der Waals surface area contributed by atoms with Crippen LogP contribution in [0, 0.1) is 5.92 Å². The Morgan fingerprint density at radius 2 is 2.22 bits per heavy atom. The average molecular weight is 247 g/mol. The minimum atomic E-state index is 0.0675. The first-order valence-corrected chi connectivity index (χ1v) is 7.10. The monoisotopic (exact) mass is 247 g/mol. The second-order valence-corrected chi connectivity index (χ2v) is 5.63. The predicted octanol–water partition coefficient (Wildman–Crippen LogP) is 3.12. The molecule has 0 amide bonds. The zero-order valence-electron chi connectivity index (χ0n) is 11.8. The number of rotatable bonds is 3. The van der Waals surface area contributed by atoms with Crippen molar-refractivity contribution >= 4 is 5.69 Å². The normalized spacial score (nSPS) is 26.1. The topological polar surface area (TPSA) is 42.1 Å². The van der Waals surface area contributed by atoms with Crippen LogP contribution in [0.5, 0.6) is 0 Å². The van der Waals surface area contributed by atoms with E-state index in [1.54, 1.807) is 0 Å². The first-order valence-electron chi connectivity index (χ1n) is 7.10. The van der Waals surface area contributed by atoms with Crippen molar-refractivity contribution in [3.63, 3.8) is 0 Å². The fourth-order valence-corrected chi connectivity index (χ4v) is 2.79. The van der Waals surface area contributed by atoms with E-state index in [1.807, 2.05) is 6.20 Å². The van der Waals surface area contributed by atoms with E-state index >= 15 is 0 Å². The van der Waals surface area contributed by atoms with Crippen molar-refractivity contribution < 1.29 is 0 Å². The van der Waals surface area contributed by atoms with Gasteiger partial charge in [0.1, 0.15) is 0 Å². The van der Waals surface area contributed by atoms with Gasteiger partial charge in [-0.1, -0.05) is 13.8 Å². The zero-order valence-corrected chi connectivity index (χ0v) is 11.8. The van der Waals surface area contributed by atoms with Crippen LogP contribution < -0.4 is 10.6 Å². The van der Waals surface area contributed by atoms with E-state index in [4.69, 9.17) is 5.73 Å². The third-order valence-corrected chi connectivity index (χ3v) is 4.06. The molecule has 3 nitrogen and oxygen atoms in total. The molecule has 2 N–H and O–H groups in total. The first-order chi connectivity index (χ1) is 8.61. The molecule has 3 heteroatoms. The van der Waals surface area contributed by atoms with Gasteiger partial charge in [0, 0.05) is 18.6 Å². The fraction of sp³-hybridized carbons (Fsp3) is 0.667. The lowest BCUT2D eigenvalue weighted by Gasteiger charge is -2.38. The lowest BCUT2D eigenvalue weighted by molar-refractivity contribution is 0.377. The SMILES string of the molecule is CCC(N)c1ccc(N2CCC(C)CC2C)cn1. The largest absolute Gasteiger partial charge is 0.368 e. The number of hydrogen-bond donors (Lipinski definition) is 1. The Kier molecular flexibility index (Phi) is 4.23. The maximum Gasteiger partial charge on any atom is 0.0572 e. The molecule has 100 valence electrons. The molecule has 0 aliphatic carbocycles. The summed E-state index contributed by atoms with van der Waals surface area (Å²) in [4.78, 5) is 6.98. The molecule has 1 aliphatic heterocycles. The van der Waals surface area contributed by atoms with Gasteiger partial charge in [-0.3, -0.25) is 4.98 Å². The molecule has 0 aromatic carbocycles. The lowest BCUT2D eigenvalue weighted by Crippen LogP contribution is -2.40. The molecule has 2 rings (SSSR count). The summed E-state index contributed by atoms with van der Waals surface area (Å²) in [5.41, 5.74) is 8.23. The Morgan fingerprint density at radius 3 is 2.78 bits per heavy atom. The molecule has 1 saturated heterocycles. The van der Waals surface area contributed by atoms with E-state index < -0.39 is 0 Å². The third kappa shape index (κ3) is 2.83. The van der Waals surface area contributed by atoms with E-state index in [2.05, 4.69) is 42.8 Å². The van der Waals surface area contributed by atoms with Gasteiger partial charge in [0.05, 0.1) is 17.6 Å². The van der Waals surface area contributed by atoms with Crippen molar-refractivity contribution in [3.05, 3.63) is 24.0 Å². The molecule has 3 atom stereocenters. The Morgan fingerprint density at radius 1 is 1.44 bits per heavy atom. The molecular weight excluding hydrogens is 222 g/mol. The van der Waals surface area contributed by atoms with Gasteiger partial charge < -0.3 is 10.6 Å². The molecular formula is C15H25N3. The number of nitrogens with zero attached hydrogens (tertiary/aromatic N) is 2. The number of anilines is 1. The van der Waals surface area contributed by atoms with Crippen molar-refractivity contribution in [2.24, 2.45) is 11.7 Å². The van der Waals surface area contributed by atoms with Gasteiger partial charge >= 0.3 is 0 Å². The Hall–Kier alpha value is -1.09. The predicted molar refractivity (Wildman–Crippen MR) is 76.7 cm³/mol. The highest BCUT2D eigenvalue weighted by molar-refractivity contribution is 5.46.